The molecule has 1 saturated carbocycles. The quantitative estimate of drug-likeness (QED) is 0.815. The van der Waals surface area contributed by atoms with E-state index in [0.29, 0.717) is 24.3 Å². The Balaban J connectivity index is 1.86. The van der Waals surface area contributed by atoms with Crippen molar-refractivity contribution in [1.82, 2.24) is 0 Å². The van der Waals surface area contributed by atoms with Gasteiger partial charge in [-0.15, -0.1) is 0 Å². The van der Waals surface area contributed by atoms with Crippen LogP contribution in [0.15, 0.2) is 47.5 Å². The summed E-state index contributed by atoms with van der Waals surface area (Å²) in [5.74, 6) is 0.876. The average molecular weight is 352 g/mol. The molecule has 0 aliphatic heterocycles. The third-order valence-corrected chi connectivity index (χ3v) is 4.34. The predicted octanol–water partition coefficient (Wildman–Crippen LogP) is 3.94. The number of ether oxygens (including phenoxy) is 2. The van der Waals surface area contributed by atoms with Gasteiger partial charge in [-0.1, -0.05) is 12.1 Å². The summed E-state index contributed by atoms with van der Waals surface area (Å²) in [7, 11) is 2.97. The van der Waals surface area contributed by atoms with E-state index in [1.54, 1.807) is 36.4 Å². The van der Waals surface area contributed by atoms with E-state index in [9.17, 15) is 15.0 Å². The van der Waals surface area contributed by atoms with Gasteiger partial charge in [-0.3, -0.25) is 4.79 Å². The van der Waals surface area contributed by atoms with Crippen molar-refractivity contribution < 1.29 is 24.5 Å². The van der Waals surface area contributed by atoms with E-state index in [0.717, 1.165) is 22.3 Å². The monoisotopic (exact) mass is 352 g/mol. The molecule has 5 heteroatoms. The van der Waals surface area contributed by atoms with Gasteiger partial charge in [-0.25, -0.2) is 0 Å². The van der Waals surface area contributed by atoms with E-state index in [-0.39, 0.29) is 17.3 Å². The number of allylic oxidation sites excluding steroid dienone is 2. The van der Waals surface area contributed by atoms with Crippen LogP contribution in [0.5, 0.6) is 23.0 Å². The largest absolute Gasteiger partial charge is 0.504 e. The zero-order valence-electron chi connectivity index (χ0n) is 14.7. The van der Waals surface area contributed by atoms with Gasteiger partial charge in [0, 0.05) is 11.1 Å². The fourth-order valence-electron chi connectivity index (χ4n) is 2.95. The molecule has 1 fully saturated rings. The molecule has 2 aromatic rings. The van der Waals surface area contributed by atoms with Crippen molar-refractivity contribution in [3.63, 3.8) is 0 Å². The summed E-state index contributed by atoms with van der Waals surface area (Å²) in [5.41, 5.74) is 3.04. The number of hydrogen-bond acceptors (Lipinski definition) is 5. The molecule has 5 nitrogen and oxygen atoms in total. The zero-order chi connectivity index (χ0) is 18.7. The van der Waals surface area contributed by atoms with Crippen molar-refractivity contribution >= 4 is 17.9 Å². The SMILES string of the molecule is COc1cc(/C=C2\CC/C(=C\c3ccc(O)c(OC)c3)C2=O)ccc1O. The molecule has 0 bridgehead atoms. The minimum atomic E-state index is 0.00378. The normalized spacial score (nSPS) is 17.1. The second kappa shape index (κ2) is 7.35. The lowest BCUT2D eigenvalue weighted by atomic mass is 10.1. The van der Waals surface area contributed by atoms with E-state index >= 15 is 0 Å². The van der Waals surface area contributed by atoms with E-state index in [4.69, 9.17) is 9.47 Å². The highest BCUT2D eigenvalue weighted by molar-refractivity contribution is 6.15. The molecule has 1 aliphatic carbocycles. The molecular formula is C21H20O5. The maximum Gasteiger partial charge on any atom is 0.185 e. The van der Waals surface area contributed by atoms with Gasteiger partial charge in [0.2, 0.25) is 0 Å². The second-order valence-corrected chi connectivity index (χ2v) is 6.03. The van der Waals surface area contributed by atoms with E-state index in [1.165, 1.54) is 14.2 Å². The topological polar surface area (TPSA) is 76.0 Å². The van der Waals surface area contributed by atoms with Crippen LogP contribution in [0.1, 0.15) is 24.0 Å². The van der Waals surface area contributed by atoms with Crippen molar-refractivity contribution in [2.24, 2.45) is 0 Å². The number of hydrogen-bond donors (Lipinski definition) is 2. The summed E-state index contributed by atoms with van der Waals surface area (Å²) in [6, 6.07) is 9.97. The van der Waals surface area contributed by atoms with Crippen molar-refractivity contribution in [2.75, 3.05) is 14.2 Å². The van der Waals surface area contributed by atoms with Crippen LogP contribution in [0.4, 0.5) is 0 Å². The molecule has 2 aromatic carbocycles. The molecule has 26 heavy (non-hydrogen) atoms. The first-order chi connectivity index (χ1) is 12.5. The molecule has 3 rings (SSSR count). The van der Waals surface area contributed by atoms with Crippen LogP contribution < -0.4 is 9.47 Å². The number of phenols is 2. The van der Waals surface area contributed by atoms with E-state index < -0.39 is 0 Å². The fourth-order valence-corrected chi connectivity index (χ4v) is 2.95. The van der Waals surface area contributed by atoms with E-state index in [2.05, 4.69) is 0 Å². The maximum atomic E-state index is 12.7. The minimum absolute atomic E-state index is 0.00378. The summed E-state index contributed by atoms with van der Waals surface area (Å²) in [6.07, 6.45) is 4.96. The highest BCUT2D eigenvalue weighted by Crippen LogP contribution is 2.33. The Morgan fingerprint density at radius 3 is 1.62 bits per heavy atom. The number of carbonyl (C=O) groups excluding carboxylic acids is 1. The predicted molar refractivity (Wildman–Crippen MR) is 99.5 cm³/mol. The van der Waals surface area contributed by atoms with Crippen LogP contribution in [0.25, 0.3) is 12.2 Å². The van der Waals surface area contributed by atoms with Gasteiger partial charge in [0.05, 0.1) is 14.2 Å². The Hall–Kier alpha value is -3.21. The second-order valence-electron chi connectivity index (χ2n) is 6.03. The maximum absolute atomic E-state index is 12.7. The summed E-state index contributed by atoms with van der Waals surface area (Å²) < 4.78 is 10.2. The Bertz CT molecular complexity index is 835. The molecule has 0 radical (unpaired) electrons. The first-order valence-corrected chi connectivity index (χ1v) is 8.21. The number of rotatable bonds is 4. The van der Waals surface area contributed by atoms with Crippen molar-refractivity contribution in [2.45, 2.75) is 12.8 Å². The Morgan fingerprint density at radius 2 is 1.23 bits per heavy atom. The number of aromatic hydroxyl groups is 2. The van der Waals surface area contributed by atoms with Gasteiger partial charge in [-0.2, -0.15) is 0 Å². The van der Waals surface area contributed by atoms with Gasteiger partial charge in [0.15, 0.2) is 28.8 Å². The van der Waals surface area contributed by atoms with Crippen LogP contribution in [0.3, 0.4) is 0 Å². The number of benzene rings is 2. The number of methoxy groups -OCH3 is 2. The third-order valence-electron chi connectivity index (χ3n) is 4.34. The number of phenolic OH excluding ortho intramolecular Hbond substituents is 2. The average Bonchev–Trinajstić information content (AvgIpc) is 2.98. The highest BCUT2D eigenvalue weighted by atomic mass is 16.5. The first kappa shape index (κ1) is 17.6. The number of Topliss-reactive ketones (excluding diaryl/α,β-unsaturated/α-hetero) is 1. The van der Waals surface area contributed by atoms with Crippen molar-refractivity contribution in [1.29, 1.82) is 0 Å². The van der Waals surface area contributed by atoms with Gasteiger partial charge < -0.3 is 19.7 Å². The molecule has 1 aliphatic rings. The number of ketones is 1. The number of carbonyl (C=O) groups is 1. The summed E-state index contributed by atoms with van der Waals surface area (Å²) in [6.45, 7) is 0. The van der Waals surface area contributed by atoms with Gasteiger partial charge in [0.1, 0.15) is 0 Å². The lowest BCUT2D eigenvalue weighted by molar-refractivity contribution is -0.111. The van der Waals surface area contributed by atoms with Crippen molar-refractivity contribution in [3.05, 3.63) is 58.7 Å². The fraction of sp³-hybridized carbons (Fsp3) is 0.190. The Labute approximate surface area is 151 Å². The van der Waals surface area contributed by atoms with E-state index in [1.807, 2.05) is 12.2 Å². The molecule has 0 atom stereocenters. The molecule has 0 unspecified atom stereocenters. The minimum Gasteiger partial charge on any atom is -0.504 e. The standard InChI is InChI=1S/C21H20O5/c1-25-19-11-13(3-7-17(19)22)9-15-5-6-16(21(15)24)10-14-4-8-18(23)20(12-14)26-2/h3-4,7-12,22-23H,5-6H2,1-2H3/b15-9+,16-10+. The summed E-state index contributed by atoms with van der Waals surface area (Å²) in [4.78, 5) is 12.7. The van der Waals surface area contributed by atoms with Gasteiger partial charge in [0.25, 0.3) is 0 Å². The van der Waals surface area contributed by atoms with Crippen LogP contribution >= 0.6 is 0 Å². The van der Waals surface area contributed by atoms with Crippen molar-refractivity contribution in [3.8, 4) is 23.0 Å². The van der Waals surface area contributed by atoms with Gasteiger partial charge >= 0.3 is 0 Å². The molecule has 0 saturated heterocycles. The lowest BCUT2D eigenvalue weighted by Crippen LogP contribution is -1.96. The summed E-state index contributed by atoms with van der Waals surface area (Å²) >= 11 is 0. The third kappa shape index (κ3) is 3.57. The molecule has 0 amide bonds. The molecule has 0 aromatic heterocycles. The van der Waals surface area contributed by atoms with Crippen LogP contribution in [0.2, 0.25) is 0 Å². The first-order valence-electron chi connectivity index (χ1n) is 8.21. The highest BCUT2D eigenvalue weighted by Gasteiger charge is 2.23. The van der Waals surface area contributed by atoms with Crippen LogP contribution in [-0.4, -0.2) is 30.2 Å². The zero-order valence-corrected chi connectivity index (χ0v) is 14.7. The Kier molecular flexibility index (Phi) is 4.98. The summed E-state index contributed by atoms with van der Waals surface area (Å²) in [5, 5.41) is 19.3. The molecule has 0 heterocycles. The molecule has 0 spiro atoms. The molecule has 2 N–H and O–H groups in total. The lowest BCUT2D eigenvalue weighted by Gasteiger charge is -2.05. The Morgan fingerprint density at radius 1 is 0.808 bits per heavy atom. The molecular weight excluding hydrogens is 332 g/mol. The van der Waals surface area contributed by atoms with Crippen LogP contribution in [0, 0.1) is 0 Å². The smallest absolute Gasteiger partial charge is 0.185 e. The molecule has 134 valence electrons. The van der Waals surface area contributed by atoms with Crippen LogP contribution in [-0.2, 0) is 4.79 Å². The van der Waals surface area contributed by atoms with Gasteiger partial charge in [-0.05, 0) is 60.4 Å².